The predicted molar refractivity (Wildman–Crippen MR) is 128 cm³/mol. The summed E-state index contributed by atoms with van der Waals surface area (Å²) in [5.74, 6) is -0.234. The molecule has 0 aliphatic carbocycles. The summed E-state index contributed by atoms with van der Waals surface area (Å²) in [7, 11) is 0. The van der Waals surface area contributed by atoms with E-state index in [1.54, 1.807) is 35.3 Å². The molecule has 0 aromatic heterocycles. The molecule has 0 radical (unpaired) electrons. The Hall–Kier alpha value is -2.81. The number of amides is 2. The molecule has 8 nitrogen and oxygen atoms in total. The zero-order chi connectivity index (χ0) is 23.4. The number of hydrogen-bond acceptors (Lipinski definition) is 6. The van der Waals surface area contributed by atoms with E-state index in [0.717, 1.165) is 31.5 Å². The molecular formula is C23H25Cl2N5O3. The molecule has 1 saturated heterocycles. The molecule has 1 unspecified atom stereocenters. The van der Waals surface area contributed by atoms with E-state index in [4.69, 9.17) is 33.7 Å². The van der Waals surface area contributed by atoms with Crippen LogP contribution in [0.1, 0.15) is 37.3 Å². The normalized spacial score (nSPS) is 18.7. The number of hydrogen-bond donors (Lipinski definition) is 2. The summed E-state index contributed by atoms with van der Waals surface area (Å²) < 4.78 is 5.35. The summed E-state index contributed by atoms with van der Waals surface area (Å²) >= 11 is 12.6. The Labute approximate surface area is 202 Å². The zero-order valence-electron chi connectivity index (χ0n) is 18.0. The maximum atomic E-state index is 13.0. The topological polar surface area (TPSA) is 100 Å². The number of nitrogens with two attached hydrogens (primary N) is 1. The van der Waals surface area contributed by atoms with E-state index in [-0.39, 0.29) is 18.6 Å². The molecule has 0 spiro atoms. The molecule has 2 aliphatic heterocycles. The van der Waals surface area contributed by atoms with E-state index in [1.807, 2.05) is 17.1 Å². The number of carbonyl (C=O) groups excluding carboxylic acids is 2. The van der Waals surface area contributed by atoms with Crippen LogP contribution in [0, 0.1) is 0 Å². The number of halogens is 2. The lowest BCUT2D eigenvalue weighted by Gasteiger charge is -2.26. The first kappa shape index (κ1) is 23.4. The van der Waals surface area contributed by atoms with Gasteiger partial charge >= 0.3 is 0 Å². The quantitative estimate of drug-likeness (QED) is 0.617. The van der Waals surface area contributed by atoms with Crippen molar-refractivity contribution in [3.8, 4) is 5.75 Å². The summed E-state index contributed by atoms with van der Waals surface area (Å²) in [5, 5.41) is 9.31. The number of hydrazine groups is 1. The highest BCUT2D eigenvalue weighted by molar-refractivity contribution is 6.40. The van der Waals surface area contributed by atoms with Gasteiger partial charge in [-0.25, -0.2) is 5.01 Å². The van der Waals surface area contributed by atoms with Crippen LogP contribution < -0.4 is 20.9 Å². The molecule has 174 valence electrons. The lowest BCUT2D eigenvalue weighted by atomic mass is 10.0. The SMILES string of the molecule is NC(=O)COc1ccc(C2CC(C(=O)NN3CCCCC3)=NN2c2ccc(Cl)cc2Cl)cc1. The molecule has 2 heterocycles. The molecule has 1 atom stereocenters. The number of hydrazone groups is 1. The fraction of sp³-hybridized carbons (Fsp3) is 0.348. The van der Waals surface area contributed by atoms with Crippen molar-refractivity contribution in [3.63, 3.8) is 0 Å². The molecule has 10 heteroatoms. The van der Waals surface area contributed by atoms with Gasteiger partial charge in [-0.1, -0.05) is 41.8 Å². The molecule has 33 heavy (non-hydrogen) atoms. The van der Waals surface area contributed by atoms with Gasteiger partial charge in [-0.2, -0.15) is 5.10 Å². The molecule has 0 bridgehead atoms. The lowest BCUT2D eigenvalue weighted by Crippen LogP contribution is -2.47. The minimum Gasteiger partial charge on any atom is -0.484 e. The largest absolute Gasteiger partial charge is 0.484 e. The molecule has 4 rings (SSSR count). The number of nitrogens with one attached hydrogen (secondary N) is 1. The van der Waals surface area contributed by atoms with Crippen LogP contribution in [0.15, 0.2) is 47.6 Å². The third kappa shape index (κ3) is 5.76. The van der Waals surface area contributed by atoms with Gasteiger partial charge in [0.2, 0.25) is 0 Å². The van der Waals surface area contributed by atoms with Crippen molar-refractivity contribution in [1.29, 1.82) is 0 Å². The molecule has 2 aromatic rings. The Balaban J connectivity index is 1.58. The second-order valence-corrected chi connectivity index (χ2v) is 8.86. The first-order valence-corrected chi connectivity index (χ1v) is 11.5. The summed E-state index contributed by atoms with van der Waals surface area (Å²) in [6.07, 6.45) is 3.70. The summed E-state index contributed by atoms with van der Waals surface area (Å²) in [6.45, 7) is 1.48. The molecule has 2 amide bonds. The average molecular weight is 490 g/mol. The number of rotatable bonds is 7. The Kier molecular flexibility index (Phi) is 7.37. The van der Waals surface area contributed by atoms with Crippen molar-refractivity contribution in [2.24, 2.45) is 10.8 Å². The first-order valence-electron chi connectivity index (χ1n) is 10.8. The number of primary amides is 1. The monoisotopic (exact) mass is 489 g/mol. The lowest BCUT2D eigenvalue weighted by molar-refractivity contribution is -0.120. The van der Waals surface area contributed by atoms with Gasteiger partial charge in [0.25, 0.3) is 11.8 Å². The highest BCUT2D eigenvalue weighted by Crippen LogP contribution is 2.40. The number of piperidine rings is 1. The van der Waals surface area contributed by atoms with Gasteiger partial charge in [0, 0.05) is 24.5 Å². The molecule has 0 saturated carbocycles. The van der Waals surface area contributed by atoms with Crippen molar-refractivity contribution in [1.82, 2.24) is 10.4 Å². The number of nitrogens with zero attached hydrogens (tertiary/aromatic N) is 3. The van der Waals surface area contributed by atoms with Crippen LogP contribution in [0.25, 0.3) is 0 Å². The van der Waals surface area contributed by atoms with Gasteiger partial charge in [-0.3, -0.25) is 20.0 Å². The summed E-state index contributed by atoms with van der Waals surface area (Å²) in [6, 6.07) is 12.2. The third-order valence-corrected chi connectivity index (χ3v) is 6.13. The molecule has 2 aliphatic rings. The maximum absolute atomic E-state index is 13.0. The van der Waals surface area contributed by atoms with Crippen LogP contribution in [0.5, 0.6) is 5.75 Å². The standard InChI is InChI=1S/C23H25Cl2N5O3/c24-16-6-9-20(18(25)12-16)30-21(15-4-7-17(8-5-15)33-14-22(26)31)13-19(27-30)23(32)28-29-10-2-1-3-11-29/h4-9,12,21H,1-3,10-11,13-14H2,(H2,26,31)(H,28,32). The van der Waals surface area contributed by atoms with Gasteiger partial charge in [-0.05, 0) is 48.7 Å². The van der Waals surface area contributed by atoms with Gasteiger partial charge in [0.1, 0.15) is 11.5 Å². The van der Waals surface area contributed by atoms with Crippen molar-refractivity contribution >= 4 is 46.4 Å². The number of ether oxygens (including phenoxy) is 1. The zero-order valence-corrected chi connectivity index (χ0v) is 19.5. The highest BCUT2D eigenvalue weighted by atomic mass is 35.5. The van der Waals surface area contributed by atoms with E-state index >= 15 is 0 Å². The van der Waals surface area contributed by atoms with Crippen molar-refractivity contribution in [2.75, 3.05) is 24.7 Å². The van der Waals surface area contributed by atoms with Crippen LogP contribution >= 0.6 is 23.2 Å². The average Bonchev–Trinajstić information content (AvgIpc) is 3.24. The second-order valence-electron chi connectivity index (χ2n) is 8.02. The van der Waals surface area contributed by atoms with Gasteiger partial charge in [0.15, 0.2) is 6.61 Å². The minimum atomic E-state index is -0.545. The Morgan fingerprint density at radius 2 is 1.82 bits per heavy atom. The van der Waals surface area contributed by atoms with Crippen molar-refractivity contribution in [2.45, 2.75) is 31.7 Å². The van der Waals surface area contributed by atoms with E-state index in [9.17, 15) is 9.59 Å². The number of benzene rings is 2. The van der Waals surface area contributed by atoms with Crippen LogP contribution in [0.3, 0.4) is 0 Å². The van der Waals surface area contributed by atoms with Crippen molar-refractivity contribution in [3.05, 3.63) is 58.1 Å². The molecule has 1 fully saturated rings. The van der Waals surface area contributed by atoms with E-state index in [0.29, 0.717) is 33.6 Å². The van der Waals surface area contributed by atoms with Gasteiger partial charge < -0.3 is 10.5 Å². The molecular weight excluding hydrogens is 465 g/mol. The van der Waals surface area contributed by atoms with E-state index < -0.39 is 5.91 Å². The van der Waals surface area contributed by atoms with E-state index in [2.05, 4.69) is 10.5 Å². The summed E-state index contributed by atoms with van der Waals surface area (Å²) in [5.41, 5.74) is 10.1. The first-order chi connectivity index (χ1) is 15.9. The highest BCUT2D eigenvalue weighted by Gasteiger charge is 2.34. The molecule has 2 aromatic carbocycles. The van der Waals surface area contributed by atoms with E-state index in [1.165, 1.54) is 6.42 Å². The van der Waals surface area contributed by atoms with Gasteiger partial charge in [0.05, 0.1) is 16.8 Å². The number of carbonyl (C=O) groups is 2. The fourth-order valence-electron chi connectivity index (χ4n) is 3.95. The Morgan fingerprint density at radius 1 is 1.09 bits per heavy atom. The minimum absolute atomic E-state index is 0.195. The van der Waals surface area contributed by atoms with Gasteiger partial charge in [-0.15, -0.1) is 0 Å². The second kappa shape index (κ2) is 10.4. The predicted octanol–water partition coefficient (Wildman–Crippen LogP) is 3.68. The molecule has 3 N–H and O–H groups in total. The third-order valence-electron chi connectivity index (χ3n) is 5.59. The number of anilines is 1. The van der Waals surface area contributed by atoms with Crippen LogP contribution in [0.2, 0.25) is 10.0 Å². The van der Waals surface area contributed by atoms with Crippen molar-refractivity contribution < 1.29 is 14.3 Å². The smallest absolute Gasteiger partial charge is 0.281 e. The Morgan fingerprint density at radius 3 is 2.48 bits per heavy atom. The van der Waals surface area contributed by atoms with Crippen LogP contribution in [-0.2, 0) is 9.59 Å². The van der Waals surface area contributed by atoms with Crippen LogP contribution in [-0.4, -0.2) is 42.2 Å². The summed E-state index contributed by atoms with van der Waals surface area (Å²) in [4.78, 5) is 23.9. The Bertz CT molecular complexity index is 1050. The van der Waals surface area contributed by atoms with Crippen LogP contribution in [0.4, 0.5) is 5.69 Å². The maximum Gasteiger partial charge on any atom is 0.281 e. The fourth-order valence-corrected chi connectivity index (χ4v) is 4.45.